The molecule has 0 spiro atoms. The lowest BCUT2D eigenvalue weighted by molar-refractivity contribution is -0.893. The van der Waals surface area contributed by atoms with E-state index in [4.69, 9.17) is 15.3 Å². The summed E-state index contributed by atoms with van der Waals surface area (Å²) in [4.78, 5) is 8.54. The third-order valence-corrected chi connectivity index (χ3v) is 5.34. The summed E-state index contributed by atoms with van der Waals surface area (Å²) in [5, 5.41) is 13.8. The van der Waals surface area contributed by atoms with Crippen LogP contribution in [0, 0.1) is 32.1 Å². The predicted octanol–water partition coefficient (Wildman–Crippen LogP) is 1.55. The molecule has 1 saturated heterocycles. The minimum atomic E-state index is 0.580. The van der Waals surface area contributed by atoms with E-state index in [0.717, 1.165) is 60.2 Å². The van der Waals surface area contributed by atoms with Crippen LogP contribution in [0.1, 0.15) is 17.0 Å². The first-order valence-electron chi connectivity index (χ1n) is 9.46. The van der Waals surface area contributed by atoms with Gasteiger partial charge in [-0.1, -0.05) is 29.8 Å². The molecule has 0 radical (unpaired) electrons. The first-order valence-corrected chi connectivity index (χ1v) is 9.46. The van der Waals surface area contributed by atoms with Gasteiger partial charge in [0.2, 0.25) is 0 Å². The molecule has 0 amide bonds. The highest BCUT2D eigenvalue weighted by atomic mass is 15.4. The molecule has 6 nitrogen and oxygen atoms in total. The van der Waals surface area contributed by atoms with Crippen molar-refractivity contribution in [1.29, 1.82) is 5.26 Å². The van der Waals surface area contributed by atoms with Gasteiger partial charge >= 0.3 is 0 Å². The molecule has 0 atom stereocenters. The molecule has 6 heteroatoms. The summed E-state index contributed by atoms with van der Waals surface area (Å²) < 4.78 is 1.99. The molecule has 0 bridgehead atoms. The number of quaternary nitrogens is 1. The number of nitriles is 1. The van der Waals surface area contributed by atoms with Crippen molar-refractivity contribution in [2.24, 2.45) is 0 Å². The van der Waals surface area contributed by atoms with Crippen molar-refractivity contribution >= 4 is 11.5 Å². The van der Waals surface area contributed by atoms with Gasteiger partial charge in [0, 0.05) is 17.3 Å². The highest BCUT2D eigenvalue weighted by Gasteiger charge is 2.24. The number of fused-ring (bicyclic) bond motifs is 1. The van der Waals surface area contributed by atoms with Gasteiger partial charge in [-0.25, -0.2) is 4.98 Å². The van der Waals surface area contributed by atoms with Crippen molar-refractivity contribution < 1.29 is 4.90 Å². The number of piperazine rings is 1. The standard InChI is InChI=1S/C21H24N6/c1-15-4-6-18(7-5-15)20-17(3)24-27-19(14-16(2)23-21(20)27)26-12-10-25(9-8-22)11-13-26/h4-7,14H,9-13H2,1-3H3/p+1. The lowest BCUT2D eigenvalue weighted by atomic mass is 10.0. The Kier molecular flexibility index (Phi) is 4.54. The van der Waals surface area contributed by atoms with Gasteiger partial charge < -0.3 is 9.80 Å². The monoisotopic (exact) mass is 361 g/mol. The molecular formula is C21H25N6+. The van der Waals surface area contributed by atoms with E-state index in [9.17, 15) is 0 Å². The van der Waals surface area contributed by atoms with Crippen LogP contribution in [0.5, 0.6) is 0 Å². The van der Waals surface area contributed by atoms with Crippen molar-refractivity contribution in [1.82, 2.24) is 14.6 Å². The molecule has 0 unspecified atom stereocenters. The Morgan fingerprint density at radius 2 is 1.81 bits per heavy atom. The fourth-order valence-electron chi connectivity index (χ4n) is 3.85. The SMILES string of the molecule is Cc1ccc(-c2c(C)nn3c(N4CC[NH+](CC#N)CC4)cc(C)nc23)cc1. The third-order valence-electron chi connectivity index (χ3n) is 5.34. The van der Waals surface area contributed by atoms with E-state index in [1.807, 2.05) is 11.4 Å². The zero-order valence-corrected chi connectivity index (χ0v) is 16.2. The van der Waals surface area contributed by atoms with Crippen LogP contribution in [0.3, 0.4) is 0 Å². The Morgan fingerprint density at radius 1 is 1.11 bits per heavy atom. The van der Waals surface area contributed by atoms with Crippen molar-refractivity contribution in [2.75, 3.05) is 37.6 Å². The van der Waals surface area contributed by atoms with Crippen LogP contribution in [0.4, 0.5) is 5.82 Å². The highest BCUT2D eigenvalue weighted by molar-refractivity contribution is 5.81. The normalized spacial score (nSPS) is 15.3. The molecule has 1 aliphatic heterocycles. The molecule has 3 heterocycles. The topological polar surface area (TPSA) is 61.7 Å². The Balaban J connectivity index is 1.76. The molecule has 27 heavy (non-hydrogen) atoms. The Bertz CT molecular complexity index is 1000. The number of rotatable bonds is 3. The van der Waals surface area contributed by atoms with E-state index in [0.29, 0.717) is 6.54 Å². The molecule has 1 aliphatic rings. The largest absolute Gasteiger partial charge is 0.345 e. The van der Waals surface area contributed by atoms with E-state index < -0.39 is 0 Å². The second-order valence-electron chi connectivity index (χ2n) is 7.39. The molecule has 1 fully saturated rings. The zero-order chi connectivity index (χ0) is 19.0. The first kappa shape index (κ1) is 17.5. The maximum atomic E-state index is 8.93. The van der Waals surface area contributed by atoms with Gasteiger partial charge in [0.05, 0.1) is 31.9 Å². The van der Waals surface area contributed by atoms with Gasteiger partial charge in [0.1, 0.15) is 11.9 Å². The maximum Gasteiger partial charge on any atom is 0.165 e. The second-order valence-corrected chi connectivity index (χ2v) is 7.39. The van der Waals surface area contributed by atoms with Gasteiger partial charge in [-0.05, 0) is 26.3 Å². The summed E-state index contributed by atoms with van der Waals surface area (Å²) in [5.74, 6) is 1.09. The molecular weight excluding hydrogens is 336 g/mol. The van der Waals surface area contributed by atoms with Gasteiger partial charge in [-0.15, -0.1) is 0 Å². The van der Waals surface area contributed by atoms with E-state index in [-0.39, 0.29) is 0 Å². The quantitative estimate of drug-likeness (QED) is 0.719. The fourth-order valence-corrected chi connectivity index (χ4v) is 3.85. The number of hydrogen-bond donors (Lipinski definition) is 1. The summed E-state index contributed by atoms with van der Waals surface area (Å²) in [6.45, 7) is 10.6. The summed E-state index contributed by atoms with van der Waals surface area (Å²) in [7, 11) is 0. The van der Waals surface area contributed by atoms with Gasteiger partial charge in [-0.2, -0.15) is 14.9 Å². The average Bonchev–Trinajstić information content (AvgIpc) is 2.98. The molecule has 1 aromatic carbocycles. The summed E-state index contributed by atoms with van der Waals surface area (Å²) >= 11 is 0. The Morgan fingerprint density at radius 3 is 2.48 bits per heavy atom. The molecule has 1 N–H and O–H groups in total. The number of aryl methyl sites for hydroxylation is 3. The first-order chi connectivity index (χ1) is 13.1. The lowest BCUT2D eigenvalue weighted by Gasteiger charge is -2.32. The van der Waals surface area contributed by atoms with Gasteiger partial charge in [-0.3, -0.25) is 0 Å². The Hall–Kier alpha value is -2.91. The zero-order valence-electron chi connectivity index (χ0n) is 16.2. The van der Waals surface area contributed by atoms with Crippen LogP contribution in [0.2, 0.25) is 0 Å². The number of benzene rings is 1. The van der Waals surface area contributed by atoms with Crippen LogP contribution in [-0.4, -0.2) is 47.3 Å². The van der Waals surface area contributed by atoms with Crippen LogP contribution >= 0.6 is 0 Å². The smallest absolute Gasteiger partial charge is 0.165 e. The highest BCUT2D eigenvalue weighted by Crippen LogP contribution is 2.30. The molecule has 138 valence electrons. The molecule has 0 saturated carbocycles. The molecule has 2 aromatic heterocycles. The molecule has 3 aromatic rings. The number of nitrogens with zero attached hydrogens (tertiary/aromatic N) is 5. The van der Waals surface area contributed by atoms with Crippen LogP contribution in [0.15, 0.2) is 30.3 Å². The van der Waals surface area contributed by atoms with Gasteiger partial charge in [0.25, 0.3) is 0 Å². The minimum Gasteiger partial charge on any atom is -0.345 e. The molecule has 0 aliphatic carbocycles. The molecule has 4 rings (SSSR count). The van der Waals surface area contributed by atoms with Crippen LogP contribution < -0.4 is 9.80 Å². The Labute approximate surface area is 159 Å². The van der Waals surface area contributed by atoms with E-state index in [1.165, 1.54) is 10.5 Å². The number of anilines is 1. The van der Waals surface area contributed by atoms with E-state index in [1.54, 1.807) is 0 Å². The number of aromatic nitrogens is 3. The second kappa shape index (κ2) is 7.01. The summed E-state index contributed by atoms with van der Waals surface area (Å²) in [6, 6.07) is 13.0. The van der Waals surface area contributed by atoms with Crippen LogP contribution in [0.25, 0.3) is 16.8 Å². The third kappa shape index (κ3) is 3.26. The van der Waals surface area contributed by atoms with E-state index >= 15 is 0 Å². The fraction of sp³-hybridized carbons (Fsp3) is 0.381. The average molecular weight is 361 g/mol. The van der Waals surface area contributed by atoms with Crippen molar-refractivity contribution in [3.8, 4) is 17.2 Å². The summed E-state index contributed by atoms with van der Waals surface area (Å²) in [5.41, 5.74) is 6.41. The number of hydrogen-bond acceptors (Lipinski definition) is 4. The number of nitrogens with one attached hydrogen (secondary N) is 1. The maximum absolute atomic E-state index is 8.93. The van der Waals surface area contributed by atoms with Crippen LogP contribution in [-0.2, 0) is 0 Å². The van der Waals surface area contributed by atoms with Crippen molar-refractivity contribution in [3.05, 3.63) is 47.3 Å². The van der Waals surface area contributed by atoms with E-state index in [2.05, 4.69) is 55.1 Å². The summed E-state index contributed by atoms with van der Waals surface area (Å²) in [6.07, 6.45) is 0. The van der Waals surface area contributed by atoms with Gasteiger partial charge in [0.15, 0.2) is 12.2 Å². The van der Waals surface area contributed by atoms with Crippen molar-refractivity contribution in [3.63, 3.8) is 0 Å². The predicted molar refractivity (Wildman–Crippen MR) is 106 cm³/mol. The lowest BCUT2D eigenvalue weighted by Crippen LogP contribution is -3.14. The minimum absolute atomic E-state index is 0.580. The van der Waals surface area contributed by atoms with Crippen molar-refractivity contribution in [2.45, 2.75) is 20.8 Å².